The number of piperidine rings is 2. The number of carbonyl (C=O) groups excluding carboxylic acids is 2. The van der Waals surface area contributed by atoms with Crippen molar-refractivity contribution in [2.24, 2.45) is 0 Å². The van der Waals surface area contributed by atoms with Crippen molar-refractivity contribution < 1.29 is 80.5 Å². The van der Waals surface area contributed by atoms with Crippen molar-refractivity contribution >= 4 is 31.6 Å². The number of nitrogens with one attached hydrogen (secondary N) is 1. The number of esters is 2. The standard InChI is InChI=1S/C27H31F4NO5S.C24H27F4NO5S/c1-25(2,3)37-24(33)26(14-16-32(17-15-26)20-8-9-20)38(34,35)22-12-6-19(7-13-22)18-4-10-21(11-5-18)36-27(30,31)23(28)29;1-22(2,3)34-21(30)23(12-14-29-15-13-23)35(31,32)19-10-6-17(7-11-19)16-4-8-18(9-5-16)33-24(27,28)20(25)26/h4-7,10-13,20,23H,8-9,14-17H2,1-3H3;4-11,20,29H,12-15H2,1-3H3. The van der Waals surface area contributed by atoms with Crippen LogP contribution in [0.2, 0.25) is 0 Å². The maximum atomic E-state index is 13.9. The van der Waals surface area contributed by atoms with Crippen LogP contribution in [-0.2, 0) is 38.7 Å². The number of halogens is 8. The predicted octanol–water partition coefficient (Wildman–Crippen LogP) is 10.5. The lowest BCUT2D eigenvalue weighted by molar-refractivity contribution is -0.253. The summed E-state index contributed by atoms with van der Waals surface area (Å²) in [6.45, 7) is 11.8. The van der Waals surface area contributed by atoms with Crippen LogP contribution in [0, 0.1) is 0 Å². The van der Waals surface area contributed by atoms with Crippen LogP contribution in [0.5, 0.6) is 11.5 Å². The van der Waals surface area contributed by atoms with Crippen LogP contribution in [-0.4, -0.2) is 112 Å². The summed E-state index contributed by atoms with van der Waals surface area (Å²) in [6.07, 6.45) is -14.6. The van der Waals surface area contributed by atoms with E-state index in [-0.39, 0.29) is 35.5 Å². The second kappa shape index (κ2) is 21.5. The number of likely N-dealkylation sites (tertiary alicyclic amines) is 1. The van der Waals surface area contributed by atoms with Gasteiger partial charge in [0.15, 0.2) is 29.2 Å². The Hall–Kier alpha value is -5.32. The molecule has 3 fully saturated rings. The Morgan fingerprint density at radius 3 is 1.12 bits per heavy atom. The van der Waals surface area contributed by atoms with Crippen molar-refractivity contribution in [3.63, 3.8) is 0 Å². The molecule has 400 valence electrons. The minimum Gasteiger partial charge on any atom is -0.459 e. The third-order valence-electron chi connectivity index (χ3n) is 12.4. The van der Waals surface area contributed by atoms with E-state index in [1.54, 1.807) is 53.7 Å². The van der Waals surface area contributed by atoms with E-state index in [1.165, 1.54) is 60.7 Å². The van der Waals surface area contributed by atoms with Gasteiger partial charge in [0, 0.05) is 19.1 Å². The first-order valence-corrected chi connectivity index (χ1v) is 26.3. The fourth-order valence-electron chi connectivity index (χ4n) is 8.37. The van der Waals surface area contributed by atoms with Crippen molar-refractivity contribution in [1.82, 2.24) is 10.2 Å². The van der Waals surface area contributed by atoms with Crippen LogP contribution < -0.4 is 14.8 Å². The van der Waals surface area contributed by atoms with Crippen molar-refractivity contribution in [1.29, 1.82) is 0 Å². The van der Waals surface area contributed by atoms with Crippen molar-refractivity contribution in [3.05, 3.63) is 97.1 Å². The van der Waals surface area contributed by atoms with E-state index in [1.807, 2.05) is 0 Å². The van der Waals surface area contributed by atoms with Crippen LogP contribution in [0.4, 0.5) is 35.1 Å². The van der Waals surface area contributed by atoms with Gasteiger partial charge in [0.05, 0.1) is 9.79 Å². The van der Waals surface area contributed by atoms with Crippen molar-refractivity contribution in [2.75, 3.05) is 26.2 Å². The lowest BCUT2D eigenvalue weighted by Gasteiger charge is -2.40. The van der Waals surface area contributed by atoms with E-state index in [2.05, 4.69) is 19.7 Å². The van der Waals surface area contributed by atoms with Gasteiger partial charge in [-0.1, -0.05) is 48.5 Å². The van der Waals surface area contributed by atoms with Crippen LogP contribution in [0.1, 0.15) is 80.1 Å². The summed E-state index contributed by atoms with van der Waals surface area (Å²) in [6, 6.07) is 22.2. The van der Waals surface area contributed by atoms with Gasteiger partial charge >= 0.3 is 37.0 Å². The molecule has 12 nitrogen and oxygen atoms in total. The van der Waals surface area contributed by atoms with Gasteiger partial charge in [-0.15, -0.1) is 0 Å². The van der Waals surface area contributed by atoms with E-state index < -0.39 is 88.9 Å². The molecule has 0 atom stereocenters. The average Bonchev–Trinajstić information content (AvgIpc) is 4.17. The van der Waals surface area contributed by atoms with Gasteiger partial charge in [0.25, 0.3) is 0 Å². The molecule has 3 aliphatic rings. The zero-order valence-corrected chi connectivity index (χ0v) is 42.5. The topological polar surface area (TPSA) is 155 Å². The van der Waals surface area contributed by atoms with Gasteiger partial charge in [0.2, 0.25) is 0 Å². The Balaban J connectivity index is 0.000000239. The van der Waals surface area contributed by atoms with E-state index in [9.17, 15) is 61.5 Å². The normalized spacial score (nSPS) is 17.8. The summed E-state index contributed by atoms with van der Waals surface area (Å²) >= 11 is 0. The molecular weight excluding hydrogens is 1020 g/mol. The molecular formula is C51H58F8N2O10S2. The van der Waals surface area contributed by atoms with Gasteiger partial charge in [-0.25, -0.2) is 16.8 Å². The molecule has 2 heterocycles. The Bertz CT molecular complexity index is 2770. The molecule has 1 N–H and O–H groups in total. The third kappa shape index (κ3) is 13.1. The lowest BCUT2D eigenvalue weighted by Crippen LogP contribution is -2.56. The molecule has 4 aromatic carbocycles. The van der Waals surface area contributed by atoms with Crippen molar-refractivity contribution in [3.8, 4) is 33.8 Å². The second-order valence-corrected chi connectivity index (χ2v) is 24.6. The Morgan fingerprint density at radius 1 is 0.534 bits per heavy atom. The van der Waals surface area contributed by atoms with Crippen LogP contribution >= 0.6 is 0 Å². The Morgan fingerprint density at radius 2 is 0.836 bits per heavy atom. The molecule has 0 aromatic heterocycles. The number of hydrogen-bond acceptors (Lipinski definition) is 12. The molecule has 73 heavy (non-hydrogen) atoms. The molecule has 1 saturated carbocycles. The predicted molar refractivity (Wildman–Crippen MR) is 254 cm³/mol. The number of sulfone groups is 2. The quantitative estimate of drug-likeness (QED) is 0.0890. The van der Waals surface area contributed by atoms with E-state index >= 15 is 0 Å². The van der Waals surface area contributed by atoms with E-state index in [4.69, 9.17) is 9.47 Å². The van der Waals surface area contributed by atoms with Crippen LogP contribution in [0.15, 0.2) is 107 Å². The molecule has 0 spiro atoms. The first-order valence-electron chi connectivity index (χ1n) is 23.3. The third-order valence-corrected chi connectivity index (χ3v) is 17.4. The zero-order valence-electron chi connectivity index (χ0n) is 40.9. The minimum absolute atomic E-state index is 0.0245. The zero-order chi connectivity index (χ0) is 54.0. The highest BCUT2D eigenvalue weighted by Gasteiger charge is 2.57. The van der Waals surface area contributed by atoms with Gasteiger partial charge in [0.1, 0.15) is 22.7 Å². The van der Waals surface area contributed by atoms with E-state index in [0.29, 0.717) is 54.5 Å². The molecule has 2 saturated heterocycles. The van der Waals surface area contributed by atoms with Gasteiger partial charge in [-0.05, 0) is 164 Å². The minimum atomic E-state index is -4.61. The average molecular weight is 1080 g/mol. The molecule has 0 radical (unpaired) electrons. The molecule has 0 amide bonds. The second-order valence-electron chi connectivity index (χ2n) is 20.0. The first kappa shape index (κ1) is 57.0. The molecule has 0 unspecified atom stereocenters. The number of benzene rings is 4. The summed E-state index contributed by atoms with van der Waals surface area (Å²) < 4.78 is 173. The fourth-order valence-corrected chi connectivity index (χ4v) is 12.2. The molecule has 7 rings (SSSR count). The smallest absolute Gasteiger partial charge is 0.459 e. The lowest BCUT2D eigenvalue weighted by atomic mass is 9.95. The number of nitrogens with zero attached hydrogens (tertiary/aromatic N) is 1. The molecule has 0 bridgehead atoms. The Kier molecular flexibility index (Phi) is 16.8. The number of alkyl halides is 8. The number of hydrogen-bond donors (Lipinski definition) is 1. The fraction of sp³-hybridized carbons (Fsp3) is 0.490. The van der Waals surface area contributed by atoms with Gasteiger partial charge in [-0.3, -0.25) is 9.59 Å². The highest BCUT2D eigenvalue weighted by molar-refractivity contribution is 7.94. The molecule has 22 heteroatoms. The highest BCUT2D eigenvalue weighted by Crippen LogP contribution is 2.42. The first-order chi connectivity index (χ1) is 33.8. The number of carbonyl (C=O) groups is 2. The van der Waals surface area contributed by atoms with Crippen LogP contribution in [0.25, 0.3) is 22.3 Å². The van der Waals surface area contributed by atoms with Gasteiger partial charge < -0.3 is 29.2 Å². The number of rotatable bonds is 15. The maximum absolute atomic E-state index is 13.9. The van der Waals surface area contributed by atoms with Crippen LogP contribution in [0.3, 0.4) is 0 Å². The maximum Gasteiger partial charge on any atom is 0.461 e. The summed E-state index contributed by atoms with van der Waals surface area (Å²) in [5.41, 5.74) is 0.445. The summed E-state index contributed by atoms with van der Waals surface area (Å²) in [4.78, 5) is 28.6. The number of ether oxygens (including phenoxy) is 4. The Labute approximate surface area is 419 Å². The summed E-state index contributed by atoms with van der Waals surface area (Å²) in [5, 5.41) is 3.07. The highest BCUT2D eigenvalue weighted by atomic mass is 32.2. The van der Waals surface area contributed by atoms with Gasteiger partial charge in [-0.2, -0.15) is 35.1 Å². The summed E-state index contributed by atoms with van der Waals surface area (Å²) in [7, 11) is -8.25. The monoisotopic (exact) mass is 1070 g/mol. The molecule has 1 aliphatic carbocycles. The molecule has 2 aliphatic heterocycles. The van der Waals surface area contributed by atoms with E-state index in [0.717, 1.165) is 37.1 Å². The SMILES string of the molecule is CC(C)(C)OC(=O)C1(S(=O)(=O)c2ccc(-c3ccc(OC(F)(F)C(F)F)cc3)cc2)CCN(C2CC2)CC1.CC(C)(C)OC(=O)C1(S(=O)(=O)c2ccc(-c3ccc(OC(F)(F)C(F)F)cc3)cc2)CCNCC1. The summed E-state index contributed by atoms with van der Waals surface area (Å²) in [5.74, 6) is -2.41. The van der Waals surface area contributed by atoms with Crippen molar-refractivity contribution in [2.45, 2.75) is 142 Å². The molecule has 4 aromatic rings. The largest absolute Gasteiger partial charge is 0.461 e.